The topological polar surface area (TPSA) is 61.5 Å². The molecule has 0 amide bonds. The normalized spacial score (nSPS) is 11.1. The Bertz CT molecular complexity index is 408. The lowest BCUT2D eigenvalue weighted by atomic mass is 10.1. The van der Waals surface area contributed by atoms with E-state index in [-0.39, 0.29) is 5.60 Å². The van der Waals surface area contributed by atoms with Crippen molar-refractivity contribution in [2.75, 3.05) is 12.3 Å². The van der Waals surface area contributed by atoms with E-state index in [4.69, 9.17) is 15.2 Å². The van der Waals surface area contributed by atoms with E-state index in [1.54, 1.807) is 25.1 Å². The van der Waals surface area contributed by atoms with Crippen molar-refractivity contribution >= 4 is 11.7 Å². The minimum Gasteiger partial charge on any atom is -0.486 e. The number of nitrogen functional groups attached to an aromatic ring is 1. The van der Waals surface area contributed by atoms with Crippen LogP contribution in [-0.2, 0) is 4.74 Å². The number of ether oxygens (including phenoxy) is 2. The van der Waals surface area contributed by atoms with E-state index < -0.39 is 5.97 Å². The molecule has 4 heteroatoms. The van der Waals surface area contributed by atoms with Gasteiger partial charge in [-0.2, -0.15) is 0 Å². The van der Waals surface area contributed by atoms with Crippen molar-refractivity contribution in [2.45, 2.75) is 33.3 Å². The molecular formula is C13H19NO3. The summed E-state index contributed by atoms with van der Waals surface area (Å²) in [6.45, 7) is 7.84. The van der Waals surface area contributed by atoms with E-state index in [9.17, 15) is 4.79 Å². The van der Waals surface area contributed by atoms with Crippen LogP contribution in [-0.4, -0.2) is 18.2 Å². The van der Waals surface area contributed by atoms with Crippen LogP contribution in [0.25, 0.3) is 0 Å². The predicted molar refractivity (Wildman–Crippen MR) is 67.2 cm³/mol. The fourth-order valence-electron chi connectivity index (χ4n) is 1.35. The molecule has 0 aliphatic carbocycles. The number of esters is 1. The van der Waals surface area contributed by atoms with Crippen molar-refractivity contribution in [2.24, 2.45) is 0 Å². The first kappa shape index (κ1) is 13.4. The van der Waals surface area contributed by atoms with Gasteiger partial charge in [0.15, 0.2) is 0 Å². The predicted octanol–water partition coefficient (Wildman–Crippen LogP) is 2.62. The summed E-state index contributed by atoms with van der Waals surface area (Å²) in [6, 6.07) is 5.09. The maximum absolute atomic E-state index is 11.6. The van der Waals surface area contributed by atoms with Crippen LogP contribution in [0.4, 0.5) is 5.69 Å². The minimum atomic E-state index is -0.427. The Hall–Kier alpha value is -1.71. The quantitative estimate of drug-likeness (QED) is 0.648. The van der Waals surface area contributed by atoms with Gasteiger partial charge in [0, 0.05) is 0 Å². The van der Waals surface area contributed by atoms with Crippen LogP contribution < -0.4 is 10.5 Å². The summed E-state index contributed by atoms with van der Waals surface area (Å²) >= 11 is 0. The number of carbonyl (C=O) groups excluding carboxylic acids is 1. The van der Waals surface area contributed by atoms with Crippen LogP contribution in [0.1, 0.15) is 38.1 Å². The Morgan fingerprint density at radius 2 is 2.00 bits per heavy atom. The first-order valence-corrected chi connectivity index (χ1v) is 5.59. The van der Waals surface area contributed by atoms with Crippen molar-refractivity contribution in [1.29, 1.82) is 0 Å². The van der Waals surface area contributed by atoms with Crippen LogP contribution in [0.15, 0.2) is 18.2 Å². The number of anilines is 1. The molecule has 0 aliphatic heterocycles. The SMILES string of the molecule is CCOC(=O)c1cccc(OC(C)(C)C)c1N. The van der Waals surface area contributed by atoms with Gasteiger partial charge in [-0.25, -0.2) is 4.79 Å². The van der Waals surface area contributed by atoms with Crippen molar-refractivity contribution in [3.63, 3.8) is 0 Å². The summed E-state index contributed by atoms with van der Waals surface area (Å²) in [6.07, 6.45) is 0. The van der Waals surface area contributed by atoms with Gasteiger partial charge >= 0.3 is 5.97 Å². The fourth-order valence-corrected chi connectivity index (χ4v) is 1.35. The second-order valence-electron chi connectivity index (χ2n) is 4.65. The van der Waals surface area contributed by atoms with Gasteiger partial charge in [0.2, 0.25) is 0 Å². The van der Waals surface area contributed by atoms with Gasteiger partial charge in [-0.3, -0.25) is 0 Å². The van der Waals surface area contributed by atoms with E-state index >= 15 is 0 Å². The molecule has 0 bridgehead atoms. The zero-order valence-corrected chi connectivity index (χ0v) is 10.7. The Kier molecular flexibility index (Phi) is 3.99. The lowest BCUT2D eigenvalue weighted by Crippen LogP contribution is -2.24. The van der Waals surface area contributed by atoms with Crippen LogP contribution in [0, 0.1) is 0 Å². The lowest BCUT2D eigenvalue weighted by molar-refractivity contribution is 0.0526. The molecule has 17 heavy (non-hydrogen) atoms. The molecule has 4 nitrogen and oxygen atoms in total. The molecule has 94 valence electrons. The molecule has 0 saturated heterocycles. The van der Waals surface area contributed by atoms with Gasteiger partial charge in [0.1, 0.15) is 11.4 Å². The highest BCUT2D eigenvalue weighted by Crippen LogP contribution is 2.28. The highest BCUT2D eigenvalue weighted by molar-refractivity contribution is 5.96. The molecule has 0 atom stereocenters. The highest BCUT2D eigenvalue weighted by Gasteiger charge is 2.18. The fraction of sp³-hybridized carbons (Fsp3) is 0.462. The first-order valence-electron chi connectivity index (χ1n) is 5.59. The number of para-hydroxylation sites is 1. The maximum atomic E-state index is 11.6. The maximum Gasteiger partial charge on any atom is 0.340 e. The Labute approximate surface area is 102 Å². The average molecular weight is 237 g/mol. The molecule has 0 aliphatic rings. The van der Waals surface area contributed by atoms with Crippen molar-refractivity contribution in [1.82, 2.24) is 0 Å². The molecule has 1 aromatic carbocycles. The van der Waals surface area contributed by atoms with Crippen LogP contribution >= 0.6 is 0 Å². The van der Waals surface area contributed by atoms with E-state index in [1.807, 2.05) is 20.8 Å². The summed E-state index contributed by atoms with van der Waals surface area (Å²) in [5, 5.41) is 0. The van der Waals surface area contributed by atoms with Crippen molar-refractivity contribution < 1.29 is 14.3 Å². The molecule has 0 aromatic heterocycles. The molecule has 0 saturated carbocycles. The molecule has 0 heterocycles. The number of hydrogen-bond donors (Lipinski definition) is 1. The standard InChI is InChI=1S/C13H19NO3/c1-5-16-12(15)9-7-6-8-10(11(9)14)17-13(2,3)4/h6-8H,5,14H2,1-4H3. The molecule has 0 fully saturated rings. The third-order valence-corrected chi connectivity index (χ3v) is 1.98. The molecule has 0 unspecified atom stereocenters. The second-order valence-corrected chi connectivity index (χ2v) is 4.65. The first-order chi connectivity index (χ1) is 7.85. The number of benzene rings is 1. The number of hydrogen-bond acceptors (Lipinski definition) is 4. The van der Waals surface area contributed by atoms with Gasteiger partial charge in [-0.1, -0.05) is 6.07 Å². The molecule has 0 spiro atoms. The van der Waals surface area contributed by atoms with Gasteiger partial charge in [0.05, 0.1) is 17.9 Å². The zero-order chi connectivity index (χ0) is 13.1. The van der Waals surface area contributed by atoms with Gasteiger partial charge in [-0.15, -0.1) is 0 Å². The Morgan fingerprint density at radius 3 is 2.53 bits per heavy atom. The monoisotopic (exact) mass is 237 g/mol. The highest BCUT2D eigenvalue weighted by atomic mass is 16.5. The van der Waals surface area contributed by atoms with Crippen LogP contribution in [0.2, 0.25) is 0 Å². The summed E-state index contributed by atoms with van der Waals surface area (Å²) in [5.74, 6) is 0.0763. The van der Waals surface area contributed by atoms with E-state index in [0.29, 0.717) is 23.6 Å². The van der Waals surface area contributed by atoms with Gasteiger partial charge in [-0.05, 0) is 39.8 Å². The van der Waals surface area contributed by atoms with Crippen LogP contribution in [0.5, 0.6) is 5.75 Å². The molecular weight excluding hydrogens is 218 g/mol. The molecule has 1 aromatic rings. The summed E-state index contributed by atoms with van der Waals surface area (Å²) in [4.78, 5) is 11.6. The summed E-state index contributed by atoms with van der Waals surface area (Å²) in [7, 11) is 0. The third-order valence-electron chi connectivity index (χ3n) is 1.98. The smallest absolute Gasteiger partial charge is 0.340 e. The summed E-state index contributed by atoms with van der Waals surface area (Å²) in [5.41, 5.74) is 6.20. The lowest BCUT2D eigenvalue weighted by Gasteiger charge is -2.22. The minimum absolute atomic E-state index is 0.320. The molecule has 0 radical (unpaired) electrons. The van der Waals surface area contributed by atoms with Crippen molar-refractivity contribution in [3.8, 4) is 5.75 Å². The summed E-state index contributed by atoms with van der Waals surface area (Å²) < 4.78 is 10.6. The Balaban J connectivity index is 3.03. The largest absolute Gasteiger partial charge is 0.486 e. The third kappa shape index (κ3) is 3.66. The average Bonchev–Trinajstić information content (AvgIpc) is 2.19. The molecule has 2 N–H and O–H groups in total. The van der Waals surface area contributed by atoms with E-state index in [2.05, 4.69) is 0 Å². The number of carbonyl (C=O) groups is 1. The zero-order valence-electron chi connectivity index (χ0n) is 10.7. The van der Waals surface area contributed by atoms with Crippen molar-refractivity contribution in [3.05, 3.63) is 23.8 Å². The van der Waals surface area contributed by atoms with Gasteiger partial charge in [0.25, 0.3) is 0 Å². The number of rotatable bonds is 3. The van der Waals surface area contributed by atoms with E-state index in [1.165, 1.54) is 0 Å². The Morgan fingerprint density at radius 1 is 1.35 bits per heavy atom. The second kappa shape index (κ2) is 5.08. The molecule has 1 rings (SSSR count). The van der Waals surface area contributed by atoms with Gasteiger partial charge < -0.3 is 15.2 Å². The van der Waals surface area contributed by atoms with E-state index in [0.717, 1.165) is 0 Å². The number of nitrogens with two attached hydrogens (primary N) is 1. The van der Waals surface area contributed by atoms with Crippen LogP contribution in [0.3, 0.4) is 0 Å².